The van der Waals surface area contributed by atoms with Gasteiger partial charge in [0.2, 0.25) is 5.95 Å². The molecule has 2 heterocycles. The predicted octanol–water partition coefficient (Wildman–Crippen LogP) is 3.46. The van der Waals surface area contributed by atoms with E-state index in [-0.39, 0.29) is 24.6 Å². The maximum atomic E-state index is 9.68. The summed E-state index contributed by atoms with van der Waals surface area (Å²) in [6, 6.07) is 7.98. The van der Waals surface area contributed by atoms with Gasteiger partial charge < -0.3 is 25.0 Å². The molecule has 0 bridgehead atoms. The van der Waals surface area contributed by atoms with Crippen LogP contribution in [0.1, 0.15) is 39.3 Å². The molecule has 0 radical (unpaired) electrons. The molecule has 1 aromatic carbocycles. The van der Waals surface area contributed by atoms with Crippen molar-refractivity contribution in [2.75, 3.05) is 24.4 Å². The van der Waals surface area contributed by atoms with Gasteiger partial charge in [-0.2, -0.15) is 9.97 Å². The van der Waals surface area contributed by atoms with E-state index in [0.29, 0.717) is 18.3 Å². The molecule has 2 aromatic heterocycles. The lowest BCUT2D eigenvalue weighted by Gasteiger charge is -2.20. The van der Waals surface area contributed by atoms with Crippen molar-refractivity contribution >= 4 is 22.9 Å². The van der Waals surface area contributed by atoms with Gasteiger partial charge in [0.15, 0.2) is 17.0 Å². The highest BCUT2D eigenvalue weighted by atomic mass is 16.5. The second-order valence-corrected chi connectivity index (χ2v) is 7.69. The number of nitrogens with zero attached hydrogens (tertiary/aromatic N) is 4. The number of aromatic nitrogens is 4. The fourth-order valence-corrected chi connectivity index (χ4v) is 3.00. The van der Waals surface area contributed by atoms with Gasteiger partial charge in [0.25, 0.3) is 0 Å². The van der Waals surface area contributed by atoms with Crippen molar-refractivity contribution in [1.82, 2.24) is 19.5 Å². The summed E-state index contributed by atoms with van der Waals surface area (Å²) >= 11 is 0. The lowest BCUT2D eigenvalue weighted by Crippen LogP contribution is -2.30. The third-order valence-corrected chi connectivity index (χ3v) is 4.91. The third kappa shape index (κ3) is 4.76. The number of fused-ring (bicyclic) bond motifs is 1. The highest BCUT2D eigenvalue weighted by Gasteiger charge is 2.18. The van der Waals surface area contributed by atoms with Crippen LogP contribution in [0.5, 0.6) is 5.75 Å². The molecule has 0 amide bonds. The summed E-state index contributed by atoms with van der Waals surface area (Å²) < 4.78 is 7.23. The first-order chi connectivity index (χ1) is 13.9. The number of rotatable bonds is 9. The lowest BCUT2D eigenvalue weighted by molar-refractivity contribution is 0.248. The number of nitrogens with one attached hydrogen (secondary N) is 2. The van der Waals surface area contributed by atoms with E-state index in [4.69, 9.17) is 4.74 Å². The molecule has 0 spiro atoms. The quantitative estimate of drug-likeness (QED) is 0.508. The number of benzene rings is 1. The van der Waals surface area contributed by atoms with Crippen molar-refractivity contribution in [3.8, 4) is 5.75 Å². The van der Waals surface area contributed by atoms with E-state index in [0.717, 1.165) is 22.5 Å². The first-order valence-electron chi connectivity index (χ1n) is 9.91. The molecule has 3 rings (SSSR count). The van der Waals surface area contributed by atoms with Gasteiger partial charge in [-0.1, -0.05) is 26.0 Å². The smallest absolute Gasteiger partial charge is 0.227 e. The summed E-state index contributed by atoms with van der Waals surface area (Å²) in [5.41, 5.74) is 2.59. The number of methoxy groups -OCH3 is 1. The summed E-state index contributed by atoms with van der Waals surface area (Å²) in [6.45, 7) is 8.88. The van der Waals surface area contributed by atoms with Gasteiger partial charge in [-0.15, -0.1) is 0 Å². The standard InChI is InChI=1S/C21H30N6O2/c1-13(2)17(11-28)24-21-25-19(18-20(26-21)27(12-23-18)14(3)4)22-10-15-6-8-16(29-5)9-7-15/h6-9,12-14,17,28H,10-11H2,1-5H3,(H2,22,24,25,26). The molecule has 0 saturated heterocycles. The molecule has 0 aliphatic rings. The Kier molecular flexibility index (Phi) is 6.53. The molecular formula is C21H30N6O2. The van der Waals surface area contributed by atoms with E-state index >= 15 is 0 Å². The van der Waals surface area contributed by atoms with Crippen LogP contribution in [0.4, 0.5) is 11.8 Å². The van der Waals surface area contributed by atoms with Crippen LogP contribution >= 0.6 is 0 Å². The Bertz CT molecular complexity index is 936. The molecule has 3 N–H and O–H groups in total. The van der Waals surface area contributed by atoms with E-state index in [1.54, 1.807) is 13.4 Å². The molecule has 1 atom stereocenters. The lowest BCUT2D eigenvalue weighted by atomic mass is 10.1. The van der Waals surface area contributed by atoms with Crippen molar-refractivity contribution in [2.24, 2.45) is 5.92 Å². The number of aliphatic hydroxyl groups excluding tert-OH is 1. The number of ether oxygens (including phenoxy) is 1. The molecule has 0 aliphatic carbocycles. The Morgan fingerprint density at radius 1 is 1.10 bits per heavy atom. The van der Waals surface area contributed by atoms with Crippen LogP contribution in [0.2, 0.25) is 0 Å². The maximum Gasteiger partial charge on any atom is 0.227 e. The maximum absolute atomic E-state index is 9.68. The number of hydrogen-bond acceptors (Lipinski definition) is 7. The fraction of sp³-hybridized carbons (Fsp3) is 0.476. The van der Waals surface area contributed by atoms with Gasteiger partial charge in [0.05, 0.1) is 26.1 Å². The van der Waals surface area contributed by atoms with Crippen LogP contribution in [0.15, 0.2) is 30.6 Å². The Labute approximate surface area is 171 Å². The van der Waals surface area contributed by atoms with Crippen molar-refractivity contribution in [2.45, 2.75) is 46.3 Å². The molecule has 0 aliphatic heterocycles. The van der Waals surface area contributed by atoms with Gasteiger partial charge in [0.1, 0.15) is 5.75 Å². The largest absolute Gasteiger partial charge is 0.497 e. The van der Waals surface area contributed by atoms with Gasteiger partial charge in [0, 0.05) is 12.6 Å². The minimum Gasteiger partial charge on any atom is -0.497 e. The first kappa shape index (κ1) is 20.9. The van der Waals surface area contributed by atoms with Gasteiger partial charge in [-0.25, -0.2) is 4.98 Å². The minimum absolute atomic E-state index is 0.0110. The number of anilines is 2. The van der Waals surface area contributed by atoms with Crippen LogP contribution in [0.25, 0.3) is 11.2 Å². The van der Waals surface area contributed by atoms with E-state index in [2.05, 4.69) is 39.4 Å². The molecule has 0 fully saturated rings. The predicted molar refractivity (Wildman–Crippen MR) is 115 cm³/mol. The fourth-order valence-electron chi connectivity index (χ4n) is 3.00. The van der Waals surface area contributed by atoms with Crippen molar-refractivity contribution < 1.29 is 9.84 Å². The SMILES string of the molecule is COc1ccc(CNc2nc(NC(CO)C(C)C)nc3c2ncn3C(C)C)cc1. The van der Waals surface area contributed by atoms with Crippen LogP contribution in [0.3, 0.4) is 0 Å². The van der Waals surface area contributed by atoms with Crippen LogP contribution in [-0.4, -0.2) is 44.4 Å². The Morgan fingerprint density at radius 3 is 2.41 bits per heavy atom. The Balaban J connectivity index is 1.92. The second kappa shape index (κ2) is 9.09. The van der Waals surface area contributed by atoms with Gasteiger partial charge >= 0.3 is 0 Å². The third-order valence-electron chi connectivity index (χ3n) is 4.91. The summed E-state index contributed by atoms with van der Waals surface area (Å²) in [7, 11) is 1.65. The normalized spacial score (nSPS) is 12.6. The summed E-state index contributed by atoms with van der Waals surface area (Å²) in [4.78, 5) is 13.9. The highest BCUT2D eigenvalue weighted by molar-refractivity contribution is 5.84. The van der Waals surface area contributed by atoms with Gasteiger partial charge in [-0.3, -0.25) is 0 Å². The molecule has 156 valence electrons. The molecule has 0 saturated carbocycles. The molecule has 29 heavy (non-hydrogen) atoms. The van der Waals surface area contributed by atoms with Crippen molar-refractivity contribution in [1.29, 1.82) is 0 Å². The molecular weight excluding hydrogens is 368 g/mol. The van der Waals surface area contributed by atoms with Crippen LogP contribution < -0.4 is 15.4 Å². The van der Waals surface area contributed by atoms with E-state index < -0.39 is 0 Å². The van der Waals surface area contributed by atoms with E-state index in [1.165, 1.54) is 0 Å². The molecule has 3 aromatic rings. The average molecular weight is 399 g/mol. The van der Waals surface area contributed by atoms with Crippen LogP contribution in [-0.2, 0) is 6.54 Å². The number of imidazole rings is 1. The zero-order valence-corrected chi connectivity index (χ0v) is 17.7. The first-order valence-corrected chi connectivity index (χ1v) is 9.91. The molecule has 8 heteroatoms. The van der Waals surface area contributed by atoms with Crippen molar-refractivity contribution in [3.63, 3.8) is 0 Å². The summed E-state index contributed by atoms with van der Waals surface area (Å²) in [5.74, 6) is 2.20. The molecule has 1 unspecified atom stereocenters. The van der Waals surface area contributed by atoms with Crippen molar-refractivity contribution in [3.05, 3.63) is 36.2 Å². The molecule has 8 nitrogen and oxygen atoms in total. The Hall–Kier alpha value is -2.87. The van der Waals surface area contributed by atoms with Gasteiger partial charge in [-0.05, 0) is 37.5 Å². The number of hydrogen-bond donors (Lipinski definition) is 3. The van der Waals surface area contributed by atoms with E-state index in [1.807, 2.05) is 42.7 Å². The average Bonchev–Trinajstić information content (AvgIpc) is 3.14. The summed E-state index contributed by atoms with van der Waals surface area (Å²) in [6.07, 6.45) is 1.79. The zero-order valence-electron chi connectivity index (χ0n) is 17.7. The monoisotopic (exact) mass is 398 g/mol. The Morgan fingerprint density at radius 2 is 1.83 bits per heavy atom. The van der Waals surface area contributed by atoms with E-state index in [9.17, 15) is 5.11 Å². The summed E-state index contributed by atoms with van der Waals surface area (Å²) in [5, 5.41) is 16.3. The number of aliphatic hydroxyl groups is 1. The zero-order chi connectivity index (χ0) is 21.0. The highest BCUT2D eigenvalue weighted by Crippen LogP contribution is 2.24. The second-order valence-electron chi connectivity index (χ2n) is 7.69. The van der Waals surface area contributed by atoms with Crippen LogP contribution in [0, 0.1) is 5.92 Å². The minimum atomic E-state index is -0.127. The topological polar surface area (TPSA) is 97.1 Å².